The standard InChI is InChI=1S/C32H36FN3O6S/c1-2-28(32(38)34-25-10-6-7-11-25)35(21-23-8-4-3-5-9-23)31(37)22-36(26-14-12-24(33)13-15-26)43(39,40)27-16-17-29-30(20-27)42-19-18-41-29/h3-5,8-9,12-17,20,25,28H,2,6-7,10-11,18-19,21-22H2,1H3,(H,34,38)/t28-/m0/s1. The van der Waals surface area contributed by atoms with Crippen molar-refractivity contribution in [3.05, 3.63) is 84.2 Å². The van der Waals surface area contributed by atoms with Crippen molar-refractivity contribution in [3.8, 4) is 11.5 Å². The Labute approximate surface area is 251 Å². The molecule has 43 heavy (non-hydrogen) atoms. The molecule has 1 fully saturated rings. The topological polar surface area (TPSA) is 105 Å². The summed E-state index contributed by atoms with van der Waals surface area (Å²) < 4.78 is 54.2. The maximum Gasteiger partial charge on any atom is 0.264 e. The molecule has 0 radical (unpaired) electrons. The monoisotopic (exact) mass is 609 g/mol. The van der Waals surface area contributed by atoms with Gasteiger partial charge in [0.05, 0.1) is 10.6 Å². The minimum Gasteiger partial charge on any atom is -0.486 e. The van der Waals surface area contributed by atoms with Gasteiger partial charge in [0, 0.05) is 18.7 Å². The first-order valence-corrected chi connectivity index (χ1v) is 16.0. The average molecular weight is 610 g/mol. The Bertz CT molecular complexity index is 1530. The molecule has 1 N–H and O–H groups in total. The summed E-state index contributed by atoms with van der Waals surface area (Å²) in [5, 5.41) is 3.10. The summed E-state index contributed by atoms with van der Waals surface area (Å²) in [4.78, 5) is 29.0. The Morgan fingerprint density at radius 1 is 0.953 bits per heavy atom. The number of ether oxygens (including phenoxy) is 2. The lowest BCUT2D eigenvalue weighted by Crippen LogP contribution is -2.53. The summed E-state index contributed by atoms with van der Waals surface area (Å²) in [7, 11) is -4.35. The highest BCUT2D eigenvalue weighted by atomic mass is 32.2. The van der Waals surface area contributed by atoms with Crippen LogP contribution in [0.1, 0.15) is 44.6 Å². The van der Waals surface area contributed by atoms with Crippen molar-refractivity contribution < 1.29 is 31.9 Å². The molecule has 11 heteroatoms. The first kappa shape index (κ1) is 30.3. The molecule has 0 bridgehead atoms. The van der Waals surface area contributed by atoms with E-state index in [4.69, 9.17) is 9.47 Å². The van der Waals surface area contributed by atoms with E-state index in [0.717, 1.165) is 47.7 Å². The molecular weight excluding hydrogens is 573 g/mol. The highest BCUT2D eigenvalue weighted by Crippen LogP contribution is 2.34. The zero-order valence-corrected chi connectivity index (χ0v) is 24.9. The second-order valence-electron chi connectivity index (χ2n) is 10.7. The number of hydrogen-bond acceptors (Lipinski definition) is 6. The zero-order chi connectivity index (χ0) is 30.4. The van der Waals surface area contributed by atoms with Crippen LogP contribution in [0.2, 0.25) is 0 Å². The van der Waals surface area contributed by atoms with Crippen LogP contribution in [0.15, 0.2) is 77.7 Å². The van der Waals surface area contributed by atoms with E-state index in [1.165, 1.54) is 35.2 Å². The van der Waals surface area contributed by atoms with Gasteiger partial charge >= 0.3 is 0 Å². The van der Waals surface area contributed by atoms with E-state index in [2.05, 4.69) is 5.32 Å². The molecule has 2 aliphatic rings. The van der Waals surface area contributed by atoms with Crippen molar-refractivity contribution >= 4 is 27.5 Å². The van der Waals surface area contributed by atoms with E-state index in [-0.39, 0.29) is 41.4 Å². The lowest BCUT2D eigenvalue weighted by Gasteiger charge is -2.34. The number of anilines is 1. The molecular formula is C32H36FN3O6S. The molecule has 5 rings (SSSR count). The van der Waals surface area contributed by atoms with Crippen molar-refractivity contribution in [1.29, 1.82) is 0 Å². The van der Waals surface area contributed by atoms with Crippen LogP contribution in [0.25, 0.3) is 0 Å². The van der Waals surface area contributed by atoms with Gasteiger partial charge in [0.1, 0.15) is 31.6 Å². The minimum atomic E-state index is -4.35. The molecule has 3 aromatic rings. The van der Waals surface area contributed by atoms with Gasteiger partial charge in [-0.1, -0.05) is 50.1 Å². The van der Waals surface area contributed by atoms with Crippen molar-refractivity contribution in [1.82, 2.24) is 10.2 Å². The third-order valence-corrected chi connectivity index (χ3v) is 9.55. The molecule has 1 aliphatic carbocycles. The Hall–Kier alpha value is -4.12. The number of benzene rings is 3. The number of rotatable bonds is 11. The number of carbonyl (C=O) groups excluding carboxylic acids is 2. The number of sulfonamides is 1. The number of hydrogen-bond donors (Lipinski definition) is 1. The van der Waals surface area contributed by atoms with Crippen LogP contribution in [-0.2, 0) is 26.2 Å². The van der Waals surface area contributed by atoms with Crippen LogP contribution in [0, 0.1) is 5.82 Å². The predicted octanol–water partition coefficient (Wildman–Crippen LogP) is 4.66. The Kier molecular flexibility index (Phi) is 9.49. The Morgan fingerprint density at radius 3 is 2.30 bits per heavy atom. The molecule has 9 nitrogen and oxygen atoms in total. The third kappa shape index (κ3) is 7.10. The molecule has 1 heterocycles. The van der Waals surface area contributed by atoms with Crippen LogP contribution < -0.4 is 19.1 Å². The fraction of sp³-hybridized carbons (Fsp3) is 0.375. The summed E-state index contributed by atoms with van der Waals surface area (Å²) in [6.45, 7) is 1.94. The van der Waals surface area contributed by atoms with Crippen molar-refractivity contribution in [2.45, 2.75) is 62.6 Å². The van der Waals surface area contributed by atoms with Gasteiger partial charge < -0.3 is 19.7 Å². The fourth-order valence-corrected chi connectivity index (χ4v) is 6.94. The van der Waals surface area contributed by atoms with Gasteiger partial charge in [-0.05, 0) is 61.2 Å². The van der Waals surface area contributed by atoms with Crippen molar-refractivity contribution in [2.75, 3.05) is 24.1 Å². The summed E-state index contributed by atoms with van der Waals surface area (Å²) in [6, 6.07) is 17.6. The molecule has 0 saturated heterocycles. The molecule has 0 unspecified atom stereocenters. The van der Waals surface area contributed by atoms with Crippen LogP contribution in [0.5, 0.6) is 11.5 Å². The van der Waals surface area contributed by atoms with E-state index in [1.54, 1.807) is 0 Å². The van der Waals surface area contributed by atoms with Crippen LogP contribution in [0.4, 0.5) is 10.1 Å². The molecule has 1 atom stereocenters. The van der Waals surface area contributed by atoms with Gasteiger partial charge in [0.25, 0.3) is 10.0 Å². The van der Waals surface area contributed by atoms with Gasteiger partial charge in [0.2, 0.25) is 11.8 Å². The summed E-state index contributed by atoms with van der Waals surface area (Å²) in [6.07, 6.45) is 4.20. The largest absolute Gasteiger partial charge is 0.486 e. The lowest BCUT2D eigenvalue weighted by molar-refractivity contribution is -0.140. The number of nitrogens with zero attached hydrogens (tertiary/aromatic N) is 2. The SMILES string of the molecule is CC[C@@H](C(=O)NC1CCCC1)N(Cc1ccccc1)C(=O)CN(c1ccc(F)cc1)S(=O)(=O)c1ccc2c(c1)OCCO2. The molecule has 3 aromatic carbocycles. The molecule has 0 spiro atoms. The quantitative estimate of drug-likeness (QED) is 0.339. The first-order valence-electron chi connectivity index (χ1n) is 14.6. The molecule has 1 saturated carbocycles. The molecule has 228 valence electrons. The number of fused-ring (bicyclic) bond motifs is 1. The normalized spacial score (nSPS) is 15.5. The minimum absolute atomic E-state index is 0.0570. The molecule has 0 aromatic heterocycles. The molecule has 2 amide bonds. The van der Waals surface area contributed by atoms with Gasteiger partial charge in [-0.2, -0.15) is 0 Å². The fourth-order valence-electron chi connectivity index (χ4n) is 5.51. The summed E-state index contributed by atoms with van der Waals surface area (Å²) in [5.74, 6) is -0.683. The summed E-state index contributed by atoms with van der Waals surface area (Å²) >= 11 is 0. The van der Waals surface area contributed by atoms with Crippen LogP contribution in [-0.4, -0.2) is 57.0 Å². The summed E-state index contributed by atoms with van der Waals surface area (Å²) in [5.41, 5.74) is 0.902. The number of amides is 2. The Morgan fingerprint density at radius 2 is 1.63 bits per heavy atom. The molecule has 1 aliphatic heterocycles. The van der Waals surface area contributed by atoms with Gasteiger partial charge in [-0.15, -0.1) is 0 Å². The maximum atomic E-state index is 14.2. The number of carbonyl (C=O) groups is 2. The van der Waals surface area contributed by atoms with E-state index in [0.29, 0.717) is 18.8 Å². The van der Waals surface area contributed by atoms with Gasteiger partial charge in [-0.3, -0.25) is 13.9 Å². The first-order chi connectivity index (χ1) is 20.8. The van der Waals surface area contributed by atoms with Crippen LogP contribution in [0.3, 0.4) is 0 Å². The van der Waals surface area contributed by atoms with E-state index in [1.807, 2.05) is 37.3 Å². The highest BCUT2D eigenvalue weighted by molar-refractivity contribution is 7.92. The average Bonchev–Trinajstić information content (AvgIpc) is 3.53. The van der Waals surface area contributed by atoms with E-state index >= 15 is 0 Å². The van der Waals surface area contributed by atoms with Crippen molar-refractivity contribution in [2.24, 2.45) is 0 Å². The van der Waals surface area contributed by atoms with E-state index < -0.39 is 34.3 Å². The number of halogens is 1. The third-order valence-electron chi connectivity index (χ3n) is 7.78. The number of nitrogens with one attached hydrogen (secondary N) is 1. The maximum absolute atomic E-state index is 14.2. The highest BCUT2D eigenvalue weighted by Gasteiger charge is 2.35. The predicted molar refractivity (Wildman–Crippen MR) is 160 cm³/mol. The van der Waals surface area contributed by atoms with Crippen LogP contribution >= 0.6 is 0 Å². The van der Waals surface area contributed by atoms with Crippen molar-refractivity contribution in [3.63, 3.8) is 0 Å². The Balaban J connectivity index is 1.49. The lowest BCUT2D eigenvalue weighted by atomic mass is 10.1. The van der Waals surface area contributed by atoms with E-state index in [9.17, 15) is 22.4 Å². The zero-order valence-electron chi connectivity index (χ0n) is 24.1. The second-order valence-corrected chi connectivity index (χ2v) is 12.6. The smallest absolute Gasteiger partial charge is 0.264 e. The second kappa shape index (κ2) is 13.5. The van der Waals surface area contributed by atoms with Gasteiger partial charge in [-0.25, -0.2) is 12.8 Å². The van der Waals surface area contributed by atoms with Gasteiger partial charge in [0.15, 0.2) is 11.5 Å².